The lowest BCUT2D eigenvalue weighted by Crippen LogP contribution is -2.35. The number of nitriles is 1. The lowest BCUT2D eigenvalue weighted by Gasteiger charge is -2.34. The van der Waals surface area contributed by atoms with Crippen LogP contribution in [-0.2, 0) is 6.54 Å². The van der Waals surface area contributed by atoms with E-state index in [-0.39, 0.29) is 11.7 Å². The van der Waals surface area contributed by atoms with Crippen LogP contribution in [0.4, 0.5) is 4.39 Å². The molecule has 1 N–H and O–H groups in total. The summed E-state index contributed by atoms with van der Waals surface area (Å²) in [4.78, 5) is 2.27. The molecule has 2 aromatic carbocycles. The van der Waals surface area contributed by atoms with Gasteiger partial charge in [-0.25, -0.2) is 4.39 Å². The van der Waals surface area contributed by atoms with Crippen molar-refractivity contribution in [3.05, 3.63) is 71.0 Å². The summed E-state index contributed by atoms with van der Waals surface area (Å²) in [6.45, 7) is 2.39. The molecule has 1 unspecified atom stereocenters. The molecule has 1 aliphatic heterocycles. The first-order valence-corrected chi connectivity index (χ1v) is 8.31. The Bertz CT molecular complexity index is 718. The van der Waals surface area contributed by atoms with Crippen molar-refractivity contribution >= 4 is 0 Å². The number of halogens is 1. The molecule has 0 saturated carbocycles. The summed E-state index contributed by atoms with van der Waals surface area (Å²) in [5.41, 5.74) is 2.24. The van der Waals surface area contributed by atoms with Gasteiger partial charge in [0.25, 0.3) is 0 Å². The fourth-order valence-corrected chi connectivity index (χ4v) is 3.38. The number of hydrogen-bond donors (Lipinski definition) is 1. The number of nitrogens with zero attached hydrogens (tertiary/aromatic N) is 2. The van der Waals surface area contributed by atoms with E-state index in [4.69, 9.17) is 5.26 Å². The zero-order valence-corrected chi connectivity index (χ0v) is 13.5. The Morgan fingerprint density at radius 2 is 1.88 bits per heavy atom. The van der Waals surface area contributed by atoms with Gasteiger partial charge in [-0.15, -0.1) is 0 Å². The molecule has 1 fully saturated rings. The molecule has 3 rings (SSSR count). The van der Waals surface area contributed by atoms with Crippen molar-refractivity contribution in [2.24, 2.45) is 5.92 Å². The van der Waals surface area contributed by atoms with E-state index in [9.17, 15) is 9.50 Å². The lowest BCUT2D eigenvalue weighted by atomic mass is 9.87. The van der Waals surface area contributed by atoms with Crippen LogP contribution in [0.25, 0.3) is 0 Å². The van der Waals surface area contributed by atoms with Gasteiger partial charge in [-0.05, 0) is 55.1 Å². The summed E-state index contributed by atoms with van der Waals surface area (Å²) in [6, 6.07) is 16.2. The monoisotopic (exact) mass is 324 g/mol. The van der Waals surface area contributed by atoms with Gasteiger partial charge in [-0.1, -0.05) is 36.4 Å². The first-order chi connectivity index (χ1) is 11.7. The SMILES string of the molecule is N#Cc1cc(F)ccc1CN1CCC(C(O)c2ccccc2)CC1. The number of likely N-dealkylation sites (tertiary alicyclic amines) is 1. The first kappa shape index (κ1) is 16.6. The fourth-order valence-electron chi connectivity index (χ4n) is 3.38. The van der Waals surface area contributed by atoms with E-state index >= 15 is 0 Å². The molecule has 0 bridgehead atoms. The Hall–Kier alpha value is -2.22. The minimum Gasteiger partial charge on any atom is -0.388 e. The van der Waals surface area contributed by atoms with Crippen molar-refractivity contribution in [3.63, 3.8) is 0 Å². The maximum Gasteiger partial charge on any atom is 0.124 e. The molecule has 0 aromatic heterocycles. The second kappa shape index (κ2) is 7.57. The van der Waals surface area contributed by atoms with E-state index in [2.05, 4.69) is 11.0 Å². The van der Waals surface area contributed by atoms with Crippen molar-refractivity contribution in [2.75, 3.05) is 13.1 Å². The highest BCUT2D eigenvalue weighted by Gasteiger charge is 2.26. The van der Waals surface area contributed by atoms with Crippen LogP contribution >= 0.6 is 0 Å². The Morgan fingerprint density at radius 1 is 1.17 bits per heavy atom. The van der Waals surface area contributed by atoms with Gasteiger partial charge in [0.05, 0.1) is 17.7 Å². The third kappa shape index (κ3) is 3.81. The predicted octanol–water partition coefficient (Wildman–Crippen LogP) is 3.64. The molecular weight excluding hydrogens is 303 g/mol. The number of aliphatic hydroxyl groups excluding tert-OH is 1. The Kier molecular flexibility index (Phi) is 5.24. The highest BCUT2D eigenvalue weighted by Crippen LogP contribution is 2.31. The molecule has 2 aromatic rings. The summed E-state index contributed by atoms with van der Waals surface area (Å²) < 4.78 is 13.2. The predicted molar refractivity (Wildman–Crippen MR) is 90.5 cm³/mol. The van der Waals surface area contributed by atoms with Gasteiger partial charge in [0.15, 0.2) is 0 Å². The van der Waals surface area contributed by atoms with Gasteiger partial charge in [-0.3, -0.25) is 4.90 Å². The van der Waals surface area contributed by atoms with Crippen LogP contribution in [0, 0.1) is 23.1 Å². The molecule has 1 saturated heterocycles. The second-order valence-corrected chi connectivity index (χ2v) is 6.38. The molecule has 1 atom stereocenters. The van der Waals surface area contributed by atoms with Crippen LogP contribution < -0.4 is 0 Å². The van der Waals surface area contributed by atoms with Crippen LogP contribution in [0.3, 0.4) is 0 Å². The van der Waals surface area contributed by atoms with Crippen molar-refractivity contribution in [3.8, 4) is 6.07 Å². The summed E-state index contributed by atoms with van der Waals surface area (Å²) in [5.74, 6) is -0.118. The molecule has 0 aliphatic carbocycles. The second-order valence-electron chi connectivity index (χ2n) is 6.38. The van der Waals surface area contributed by atoms with Gasteiger partial charge in [0.1, 0.15) is 5.82 Å². The van der Waals surface area contributed by atoms with Crippen LogP contribution in [0.15, 0.2) is 48.5 Å². The van der Waals surface area contributed by atoms with Crippen molar-refractivity contribution in [1.29, 1.82) is 5.26 Å². The van der Waals surface area contributed by atoms with Crippen molar-refractivity contribution in [2.45, 2.75) is 25.5 Å². The van der Waals surface area contributed by atoms with Crippen LogP contribution in [0.1, 0.15) is 35.6 Å². The minimum absolute atomic E-state index is 0.257. The standard InChI is InChI=1S/C20H21FN2O/c21-19-7-6-17(18(12-19)13-22)14-23-10-8-16(9-11-23)20(24)15-4-2-1-3-5-15/h1-7,12,16,20,24H,8-11,14H2. The van der Waals surface area contributed by atoms with Crippen LogP contribution in [-0.4, -0.2) is 23.1 Å². The van der Waals surface area contributed by atoms with Crippen molar-refractivity contribution in [1.82, 2.24) is 4.90 Å². The number of aliphatic hydroxyl groups is 1. The summed E-state index contributed by atoms with van der Waals surface area (Å²) in [6.07, 6.45) is 1.41. The van der Waals surface area contributed by atoms with E-state index < -0.39 is 6.10 Å². The largest absolute Gasteiger partial charge is 0.388 e. The number of rotatable bonds is 4. The Labute approximate surface area is 142 Å². The first-order valence-electron chi connectivity index (χ1n) is 8.31. The maximum atomic E-state index is 13.2. The quantitative estimate of drug-likeness (QED) is 0.934. The van der Waals surface area contributed by atoms with Gasteiger partial charge in [0.2, 0.25) is 0 Å². The highest BCUT2D eigenvalue weighted by molar-refractivity contribution is 5.37. The van der Waals surface area contributed by atoms with E-state index in [1.807, 2.05) is 30.3 Å². The smallest absolute Gasteiger partial charge is 0.124 e. The van der Waals surface area contributed by atoms with Gasteiger partial charge in [-0.2, -0.15) is 5.26 Å². The van der Waals surface area contributed by atoms with Crippen molar-refractivity contribution < 1.29 is 9.50 Å². The van der Waals surface area contributed by atoms with E-state index in [0.29, 0.717) is 12.1 Å². The lowest BCUT2D eigenvalue weighted by molar-refractivity contribution is 0.0567. The van der Waals surface area contributed by atoms with Gasteiger partial charge >= 0.3 is 0 Å². The number of piperidine rings is 1. The molecular formula is C20H21FN2O. The molecule has 24 heavy (non-hydrogen) atoms. The molecule has 0 radical (unpaired) electrons. The molecule has 1 aliphatic rings. The molecule has 0 spiro atoms. The topological polar surface area (TPSA) is 47.3 Å². The molecule has 4 heteroatoms. The zero-order valence-electron chi connectivity index (χ0n) is 13.5. The van der Waals surface area contributed by atoms with Gasteiger partial charge in [0, 0.05) is 6.54 Å². The van der Waals surface area contributed by atoms with E-state index in [1.165, 1.54) is 12.1 Å². The zero-order chi connectivity index (χ0) is 16.9. The average molecular weight is 324 g/mol. The molecule has 3 nitrogen and oxygen atoms in total. The Balaban J connectivity index is 1.59. The third-order valence-electron chi connectivity index (χ3n) is 4.81. The molecule has 124 valence electrons. The van der Waals surface area contributed by atoms with Crippen LogP contribution in [0.5, 0.6) is 0 Å². The number of benzene rings is 2. The average Bonchev–Trinajstić information content (AvgIpc) is 2.64. The number of hydrogen-bond acceptors (Lipinski definition) is 3. The molecule has 0 amide bonds. The Morgan fingerprint density at radius 3 is 2.54 bits per heavy atom. The molecule has 1 heterocycles. The summed E-state index contributed by atoms with van der Waals surface area (Å²) in [7, 11) is 0. The normalized spacial score (nSPS) is 17.4. The minimum atomic E-state index is -0.422. The fraction of sp³-hybridized carbons (Fsp3) is 0.350. The van der Waals surface area contributed by atoms with E-state index in [1.54, 1.807) is 6.07 Å². The summed E-state index contributed by atoms with van der Waals surface area (Å²) >= 11 is 0. The summed E-state index contributed by atoms with van der Waals surface area (Å²) in [5, 5.41) is 19.7. The highest BCUT2D eigenvalue weighted by atomic mass is 19.1. The maximum absolute atomic E-state index is 13.2. The van der Waals surface area contributed by atoms with Crippen LogP contribution in [0.2, 0.25) is 0 Å². The van der Waals surface area contributed by atoms with Gasteiger partial charge < -0.3 is 5.11 Å². The third-order valence-corrected chi connectivity index (χ3v) is 4.81. The van der Waals surface area contributed by atoms with E-state index in [0.717, 1.165) is 37.1 Å².